The molecule has 0 bridgehead atoms. The number of fused-ring (bicyclic) bond motifs is 2. The summed E-state index contributed by atoms with van der Waals surface area (Å²) >= 11 is 0. The van der Waals surface area contributed by atoms with Crippen molar-refractivity contribution < 1.29 is 5.11 Å². The molecule has 4 aromatic heterocycles. The van der Waals surface area contributed by atoms with Gasteiger partial charge in [0.15, 0.2) is 0 Å². The van der Waals surface area contributed by atoms with E-state index >= 15 is 0 Å². The molecule has 0 spiro atoms. The molecular formula is C24H22N6O. The van der Waals surface area contributed by atoms with Crippen LogP contribution in [0.2, 0.25) is 0 Å². The first kappa shape index (κ1) is 17.9. The number of benzene rings is 1. The molecule has 1 aliphatic rings. The minimum absolute atomic E-state index is 0.150. The van der Waals surface area contributed by atoms with Crippen molar-refractivity contribution in [2.24, 2.45) is 0 Å². The van der Waals surface area contributed by atoms with E-state index in [1.165, 1.54) is 31.1 Å². The van der Waals surface area contributed by atoms with Crippen molar-refractivity contribution in [3.05, 3.63) is 55.0 Å². The predicted molar refractivity (Wildman–Crippen MR) is 122 cm³/mol. The Balaban J connectivity index is 1.46. The van der Waals surface area contributed by atoms with Gasteiger partial charge in [0.1, 0.15) is 17.1 Å². The first-order valence-corrected chi connectivity index (χ1v) is 10.6. The average Bonchev–Trinajstić information content (AvgIpc) is 3.43. The van der Waals surface area contributed by atoms with E-state index in [1.807, 2.05) is 18.3 Å². The molecule has 1 fully saturated rings. The molecule has 0 amide bonds. The Hall–Kier alpha value is -3.87. The normalized spacial score (nSPS) is 14.5. The third-order valence-corrected chi connectivity index (χ3v) is 6.08. The van der Waals surface area contributed by atoms with E-state index in [-0.39, 0.29) is 5.75 Å². The number of nitrogens with one attached hydrogen (secondary N) is 2. The van der Waals surface area contributed by atoms with Crippen LogP contribution in [0.25, 0.3) is 44.5 Å². The van der Waals surface area contributed by atoms with Crippen molar-refractivity contribution in [1.82, 2.24) is 25.1 Å². The first-order chi connectivity index (χ1) is 15.3. The zero-order chi connectivity index (χ0) is 20.8. The fraction of sp³-hybridized carbons (Fsp3) is 0.208. The zero-order valence-electron chi connectivity index (χ0n) is 17.0. The molecule has 0 unspecified atom stereocenters. The molecule has 0 aliphatic carbocycles. The van der Waals surface area contributed by atoms with Gasteiger partial charge in [-0.2, -0.15) is 5.10 Å². The molecule has 7 nitrogen and oxygen atoms in total. The molecule has 5 heterocycles. The van der Waals surface area contributed by atoms with Crippen molar-refractivity contribution in [2.45, 2.75) is 19.3 Å². The Morgan fingerprint density at radius 2 is 1.81 bits per heavy atom. The minimum Gasteiger partial charge on any atom is -0.506 e. The molecule has 7 heteroatoms. The predicted octanol–water partition coefficient (Wildman–Crippen LogP) is 4.86. The van der Waals surface area contributed by atoms with Crippen molar-refractivity contribution in [1.29, 1.82) is 0 Å². The smallest absolute Gasteiger partial charge is 0.139 e. The van der Waals surface area contributed by atoms with Gasteiger partial charge >= 0.3 is 0 Å². The highest BCUT2D eigenvalue weighted by molar-refractivity contribution is 5.99. The summed E-state index contributed by atoms with van der Waals surface area (Å²) in [5, 5.41) is 19.7. The maximum atomic E-state index is 9.80. The summed E-state index contributed by atoms with van der Waals surface area (Å²) < 4.78 is 0. The van der Waals surface area contributed by atoms with Gasteiger partial charge in [-0.15, -0.1) is 0 Å². The summed E-state index contributed by atoms with van der Waals surface area (Å²) in [6.07, 6.45) is 8.83. The molecule has 3 N–H and O–H groups in total. The average molecular weight is 410 g/mol. The van der Waals surface area contributed by atoms with E-state index in [9.17, 15) is 5.11 Å². The molecule has 5 aromatic rings. The number of H-pyrrole nitrogens is 2. The topological polar surface area (TPSA) is 93.7 Å². The van der Waals surface area contributed by atoms with Gasteiger partial charge in [-0.1, -0.05) is 6.07 Å². The summed E-state index contributed by atoms with van der Waals surface area (Å²) in [5.74, 6) is 0.150. The minimum atomic E-state index is 0.150. The number of anilines is 1. The number of piperidine rings is 1. The van der Waals surface area contributed by atoms with E-state index in [0.29, 0.717) is 0 Å². The second-order valence-corrected chi connectivity index (χ2v) is 8.09. The standard InChI is InChI=1S/C24H22N6O/c31-17-10-16(13-25-14-17)15-4-5-20-18(11-15)23(29-28-20)21-12-19-22(6-7-26-24(19)27-21)30-8-2-1-3-9-30/h4-7,10-14,31H,1-3,8-9H2,(H,26,27)(H,28,29). The lowest BCUT2D eigenvalue weighted by Gasteiger charge is -2.29. The summed E-state index contributed by atoms with van der Waals surface area (Å²) in [6, 6.07) is 12.1. The molecule has 1 aromatic carbocycles. The monoisotopic (exact) mass is 410 g/mol. The summed E-state index contributed by atoms with van der Waals surface area (Å²) in [4.78, 5) is 14.6. The van der Waals surface area contributed by atoms with Crippen molar-refractivity contribution in [2.75, 3.05) is 18.0 Å². The van der Waals surface area contributed by atoms with Gasteiger partial charge in [-0.05, 0) is 55.2 Å². The second-order valence-electron chi connectivity index (χ2n) is 8.09. The molecule has 154 valence electrons. The van der Waals surface area contributed by atoms with Crippen LogP contribution in [0.3, 0.4) is 0 Å². The maximum Gasteiger partial charge on any atom is 0.139 e. The zero-order valence-corrected chi connectivity index (χ0v) is 17.0. The summed E-state index contributed by atoms with van der Waals surface area (Å²) in [6.45, 7) is 2.18. The number of hydrogen-bond donors (Lipinski definition) is 3. The van der Waals surface area contributed by atoms with Crippen LogP contribution in [0.4, 0.5) is 5.69 Å². The van der Waals surface area contributed by atoms with E-state index in [1.54, 1.807) is 12.3 Å². The van der Waals surface area contributed by atoms with Crippen LogP contribution in [0.1, 0.15) is 19.3 Å². The van der Waals surface area contributed by atoms with Crippen LogP contribution < -0.4 is 4.90 Å². The lowest BCUT2D eigenvalue weighted by molar-refractivity contribution is 0.473. The largest absolute Gasteiger partial charge is 0.506 e. The molecule has 0 atom stereocenters. The van der Waals surface area contributed by atoms with Crippen LogP contribution >= 0.6 is 0 Å². The number of rotatable bonds is 3. The highest BCUT2D eigenvalue weighted by Gasteiger charge is 2.18. The quantitative estimate of drug-likeness (QED) is 0.395. The fourth-order valence-electron chi connectivity index (χ4n) is 4.54. The van der Waals surface area contributed by atoms with Gasteiger partial charge in [-0.25, -0.2) is 4.98 Å². The van der Waals surface area contributed by atoms with Crippen molar-refractivity contribution in [3.8, 4) is 28.3 Å². The van der Waals surface area contributed by atoms with Crippen LogP contribution in [-0.2, 0) is 0 Å². The van der Waals surface area contributed by atoms with E-state index in [4.69, 9.17) is 0 Å². The summed E-state index contributed by atoms with van der Waals surface area (Å²) in [7, 11) is 0. The first-order valence-electron chi connectivity index (χ1n) is 10.6. The van der Waals surface area contributed by atoms with Gasteiger partial charge < -0.3 is 15.0 Å². The van der Waals surface area contributed by atoms with Crippen molar-refractivity contribution >= 4 is 27.6 Å². The number of pyridine rings is 2. The molecule has 1 aliphatic heterocycles. The molecule has 31 heavy (non-hydrogen) atoms. The number of nitrogens with zero attached hydrogens (tertiary/aromatic N) is 4. The van der Waals surface area contributed by atoms with Crippen LogP contribution in [0.15, 0.2) is 55.0 Å². The number of aromatic amines is 2. The Bertz CT molecular complexity index is 1400. The third kappa shape index (κ3) is 3.09. The Morgan fingerprint density at radius 3 is 2.68 bits per heavy atom. The van der Waals surface area contributed by atoms with Crippen molar-refractivity contribution in [3.63, 3.8) is 0 Å². The van der Waals surface area contributed by atoms with Crippen LogP contribution in [0, 0.1) is 0 Å². The van der Waals surface area contributed by atoms with Gasteiger partial charge in [0.2, 0.25) is 0 Å². The lowest BCUT2D eigenvalue weighted by atomic mass is 10.0. The molecular weight excluding hydrogens is 388 g/mol. The van der Waals surface area contributed by atoms with Gasteiger partial charge in [0, 0.05) is 47.5 Å². The Labute approximate surface area is 178 Å². The van der Waals surface area contributed by atoms with Crippen LogP contribution in [-0.4, -0.2) is 43.3 Å². The molecule has 1 saturated heterocycles. The van der Waals surface area contributed by atoms with Gasteiger partial charge in [0.05, 0.1) is 17.4 Å². The number of aromatic hydroxyl groups is 1. The van der Waals surface area contributed by atoms with Crippen LogP contribution in [0.5, 0.6) is 5.75 Å². The highest BCUT2D eigenvalue weighted by atomic mass is 16.3. The lowest BCUT2D eigenvalue weighted by Crippen LogP contribution is -2.29. The Morgan fingerprint density at radius 1 is 0.903 bits per heavy atom. The summed E-state index contributed by atoms with van der Waals surface area (Å²) in [5.41, 5.74) is 6.69. The second kappa shape index (κ2) is 7.12. The SMILES string of the molecule is Oc1cncc(-c2ccc3[nH]nc(-c4cc5c(N6CCCCC6)ccnc5[nH]4)c3c2)c1. The molecule has 0 saturated carbocycles. The van der Waals surface area contributed by atoms with E-state index < -0.39 is 0 Å². The van der Waals surface area contributed by atoms with Gasteiger partial charge in [0.25, 0.3) is 0 Å². The third-order valence-electron chi connectivity index (χ3n) is 6.08. The highest BCUT2D eigenvalue weighted by Crippen LogP contribution is 2.35. The van der Waals surface area contributed by atoms with Gasteiger partial charge in [-0.3, -0.25) is 10.1 Å². The maximum absolute atomic E-state index is 9.80. The fourth-order valence-corrected chi connectivity index (χ4v) is 4.54. The number of hydrogen-bond acceptors (Lipinski definition) is 5. The van der Waals surface area contributed by atoms with E-state index in [2.05, 4.69) is 48.2 Å². The molecule has 0 radical (unpaired) electrons. The number of aromatic nitrogens is 5. The molecule has 6 rings (SSSR count). The van der Waals surface area contributed by atoms with E-state index in [0.717, 1.165) is 57.5 Å². The Kier molecular flexibility index (Phi) is 4.12.